The molecule has 146 valence electrons. The molecule has 25 heavy (non-hydrogen) atoms. The maximum Gasteiger partial charge on any atom is 0.276 e. The SMILES string of the molecule is CC1CN(C(C)(C)CNC(=O)C2CCN(S(N)(=O)=O)CC2)CC(C)O1. The summed E-state index contributed by atoms with van der Waals surface area (Å²) in [5.74, 6) is -0.159. The van der Waals surface area contributed by atoms with Gasteiger partial charge < -0.3 is 10.1 Å². The van der Waals surface area contributed by atoms with E-state index in [1.165, 1.54) is 4.31 Å². The first kappa shape index (κ1) is 20.6. The molecule has 3 N–H and O–H groups in total. The molecule has 2 rings (SSSR count). The van der Waals surface area contributed by atoms with Crippen LogP contribution in [0.25, 0.3) is 0 Å². The molecule has 2 aliphatic heterocycles. The molecule has 0 aromatic rings. The summed E-state index contributed by atoms with van der Waals surface area (Å²) in [5, 5.41) is 8.19. The van der Waals surface area contributed by atoms with Gasteiger partial charge in [0, 0.05) is 44.2 Å². The van der Waals surface area contributed by atoms with Gasteiger partial charge in [-0.05, 0) is 40.5 Å². The van der Waals surface area contributed by atoms with Crippen LogP contribution in [0.4, 0.5) is 0 Å². The van der Waals surface area contributed by atoms with Gasteiger partial charge in [-0.15, -0.1) is 0 Å². The Morgan fingerprint density at radius 3 is 2.20 bits per heavy atom. The zero-order chi connectivity index (χ0) is 18.8. The average Bonchev–Trinajstić information content (AvgIpc) is 2.51. The van der Waals surface area contributed by atoms with Crippen molar-refractivity contribution < 1.29 is 17.9 Å². The second-order valence-electron chi connectivity index (χ2n) is 7.91. The lowest BCUT2D eigenvalue weighted by Crippen LogP contribution is -2.59. The van der Waals surface area contributed by atoms with Crippen molar-refractivity contribution in [3.05, 3.63) is 0 Å². The summed E-state index contributed by atoms with van der Waals surface area (Å²) in [6.07, 6.45) is 1.38. The fraction of sp³-hybridized carbons (Fsp3) is 0.938. The zero-order valence-corrected chi connectivity index (χ0v) is 16.5. The second kappa shape index (κ2) is 7.87. The Bertz CT molecular complexity index is 563. The molecule has 2 atom stereocenters. The number of nitrogens with two attached hydrogens (primary N) is 1. The van der Waals surface area contributed by atoms with E-state index < -0.39 is 10.2 Å². The number of piperidine rings is 1. The topological polar surface area (TPSA) is 105 Å². The van der Waals surface area contributed by atoms with Gasteiger partial charge in [-0.25, -0.2) is 5.14 Å². The Hall–Kier alpha value is -0.740. The van der Waals surface area contributed by atoms with Gasteiger partial charge in [0.2, 0.25) is 5.91 Å². The van der Waals surface area contributed by atoms with Crippen LogP contribution in [0.1, 0.15) is 40.5 Å². The molecule has 0 spiro atoms. The van der Waals surface area contributed by atoms with Crippen LogP contribution in [-0.4, -0.2) is 74.0 Å². The molecule has 8 nitrogen and oxygen atoms in total. The molecule has 2 unspecified atom stereocenters. The first-order valence-electron chi connectivity index (χ1n) is 8.95. The minimum absolute atomic E-state index is 0.00324. The van der Waals surface area contributed by atoms with E-state index in [1.807, 2.05) is 0 Å². The Balaban J connectivity index is 1.83. The molecule has 0 aromatic carbocycles. The maximum atomic E-state index is 12.5. The molecule has 9 heteroatoms. The van der Waals surface area contributed by atoms with E-state index in [-0.39, 0.29) is 29.6 Å². The first-order chi connectivity index (χ1) is 11.5. The number of carbonyl (C=O) groups excluding carboxylic acids is 1. The van der Waals surface area contributed by atoms with Crippen molar-refractivity contribution in [2.45, 2.75) is 58.3 Å². The first-order valence-corrected chi connectivity index (χ1v) is 10.5. The van der Waals surface area contributed by atoms with Gasteiger partial charge in [0.1, 0.15) is 0 Å². The van der Waals surface area contributed by atoms with E-state index in [0.717, 1.165) is 13.1 Å². The molecule has 0 aromatic heterocycles. The van der Waals surface area contributed by atoms with Crippen molar-refractivity contribution >= 4 is 16.1 Å². The van der Waals surface area contributed by atoms with Crippen molar-refractivity contribution in [2.75, 3.05) is 32.7 Å². The Morgan fingerprint density at radius 1 is 1.20 bits per heavy atom. The van der Waals surface area contributed by atoms with E-state index in [9.17, 15) is 13.2 Å². The van der Waals surface area contributed by atoms with Gasteiger partial charge in [0.25, 0.3) is 10.2 Å². The van der Waals surface area contributed by atoms with Crippen molar-refractivity contribution in [2.24, 2.45) is 11.1 Å². The number of amides is 1. The summed E-state index contributed by atoms with van der Waals surface area (Å²) in [7, 11) is -3.65. The number of nitrogens with zero attached hydrogens (tertiary/aromatic N) is 2. The van der Waals surface area contributed by atoms with Crippen LogP contribution < -0.4 is 10.5 Å². The van der Waals surface area contributed by atoms with Gasteiger partial charge in [-0.1, -0.05) is 0 Å². The van der Waals surface area contributed by atoms with Crippen molar-refractivity contribution in [1.29, 1.82) is 0 Å². The Morgan fingerprint density at radius 2 is 1.72 bits per heavy atom. The van der Waals surface area contributed by atoms with Gasteiger partial charge >= 0.3 is 0 Å². The van der Waals surface area contributed by atoms with Crippen LogP contribution >= 0.6 is 0 Å². The third-order valence-corrected chi connectivity index (χ3v) is 6.24. The molecule has 0 radical (unpaired) electrons. The molecule has 2 heterocycles. The van der Waals surface area contributed by atoms with Crippen LogP contribution in [0.5, 0.6) is 0 Å². The number of ether oxygens (including phenoxy) is 1. The van der Waals surface area contributed by atoms with Gasteiger partial charge in [-0.3, -0.25) is 9.69 Å². The number of morpholine rings is 1. The van der Waals surface area contributed by atoms with Crippen molar-refractivity contribution in [1.82, 2.24) is 14.5 Å². The molecule has 2 saturated heterocycles. The molecular weight excluding hydrogens is 344 g/mol. The monoisotopic (exact) mass is 376 g/mol. The smallest absolute Gasteiger partial charge is 0.276 e. The minimum Gasteiger partial charge on any atom is -0.373 e. The molecule has 0 bridgehead atoms. The number of hydrogen-bond acceptors (Lipinski definition) is 5. The highest BCUT2D eigenvalue weighted by atomic mass is 32.2. The third kappa shape index (κ3) is 5.62. The highest BCUT2D eigenvalue weighted by Crippen LogP contribution is 2.22. The van der Waals surface area contributed by atoms with Crippen molar-refractivity contribution in [3.63, 3.8) is 0 Å². The van der Waals surface area contributed by atoms with E-state index in [4.69, 9.17) is 9.88 Å². The van der Waals surface area contributed by atoms with Crippen LogP contribution in [-0.2, 0) is 19.7 Å². The van der Waals surface area contributed by atoms with E-state index >= 15 is 0 Å². The Labute approximate surface area is 151 Å². The molecule has 1 amide bonds. The Kier molecular flexibility index (Phi) is 6.48. The summed E-state index contributed by atoms with van der Waals surface area (Å²) in [4.78, 5) is 14.8. The lowest BCUT2D eigenvalue weighted by atomic mass is 9.95. The standard InChI is InChI=1S/C16H32N4O4S/c1-12-9-19(10-13(2)24-12)16(3,4)11-18-15(21)14-5-7-20(8-6-14)25(17,22)23/h12-14H,5-11H2,1-4H3,(H,18,21)(H2,17,22,23). The molecular formula is C16H32N4O4S. The average molecular weight is 377 g/mol. The molecule has 2 aliphatic rings. The van der Waals surface area contributed by atoms with E-state index in [2.05, 4.69) is 37.9 Å². The summed E-state index contributed by atoms with van der Waals surface area (Å²) in [5.41, 5.74) is -0.163. The van der Waals surface area contributed by atoms with Crippen LogP contribution in [0.3, 0.4) is 0 Å². The van der Waals surface area contributed by atoms with Crippen LogP contribution in [0, 0.1) is 5.92 Å². The number of rotatable bonds is 5. The molecule has 0 saturated carbocycles. The largest absolute Gasteiger partial charge is 0.373 e. The lowest BCUT2D eigenvalue weighted by Gasteiger charge is -2.45. The van der Waals surface area contributed by atoms with Gasteiger partial charge in [-0.2, -0.15) is 12.7 Å². The summed E-state index contributed by atoms with van der Waals surface area (Å²) in [6.45, 7) is 11.2. The van der Waals surface area contributed by atoms with Crippen molar-refractivity contribution in [3.8, 4) is 0 Å². The van der Waals surface area contributed by atoms with Crippen LogP contribution in [0.2, 0.25) is 0 Å². The van der Waals surface area contributed by atoms with Gasteiger partial charge in [0.15, 0.2) is 0 Å². The normalized spacial score (nSPS) is 28.0. The fourth-order valence-electron chi connectivity index (χ4n) is 3.60. The number of carbonyl (C=O) groups is 1. The van der Waals surface area contributed by atoms with Crippen LogP contribution in [0.15, 0.2) is 0 Å². The van der Waals surface area contributed by atoms with E-state index in [1.54, 1.807) is 0 Å². The highest BCUT2D eigenvalue weighted by Gasteiger charge is 2.35. The predicted molar refractivity (Wildman–Crippen MR) is 96.1 cm³/mol. The highest BCUT2D eigenvalue weighted by molar-refractivity contribution is 7.86. The van der Waals surface area contributed by atoms with E-state index in [0.29, 0.717) is 32.5 Å². The summed E-state index contributed by atoms with van der Waals surface area (Å²) >= 11 is 0. The molecule has 0 aliphatic carbocycles. The fourth-order valence-corrected chi connectivity index (χ4v) is 4.32. The van der Waals surface area contributed by atoms with Gasteiger partial charge in [0.05, 0.1) is 12.2 Å². The lowest BCUT2D eigenvalue weighted by molar-refractivity contribution is -0.127. The predicted octanol–water partition coefficient (Wildman–Crippen LogP) is -0.0941. The number of nitrogens with one attached hydrogen (secondary N) is 1. The summed E-state index contributed by atoms with van der Waals surface area (Å²) < 4.78 is 29.7. The number of hydrogen-bond donors (Lipinski definition) is 2. The zero-order valence-electron chi connectivity index (χ0n) is 15.7. The minimum atomic E-state index is -3.65. The quantitative estimate of drug-likeness (QED) is 0.697. The second-order valence-corrected chi connectivity index (χ2v) is 9.46. The molecule has 2 fully saturated rings. The summed E-state index contributed by atoms with van der Waals surface area (Å²) in [6, 6.07) is 0. The maximum absolute atomic E-state index is 12.5. The third-order valence-electron chi connectivity index (χ3n) is 5.16.